The molecule has 0 fully saturated rings. The Morgan fingerprint density at radius 3 is 1.96 bits per heavy atom. The van der Waals surface area contributed by atoms with Gasteiger partial charge in [-0.2, -0.15) is 0 Å². The molecular weight excluding hydrogens is 713 g/mol. The van der Waals surface area contributed by atoms with Crippen molar-refractivity contribution in [2.45, 2.75) is 0 Å². The van der Waals surface area contributed by atoms with E-state index in [1.165, 1.54) is 74.3 Å². The van der Waals surface area contributed by atoms with Crippen molar-refractivity contribution in [1.29, 1.82) is 0 Å². The van der Waals surface area contributed by atoms with Crippen LogP contribution in [0.2, 0.25) is 0 Å². The van der Waals surface area contributed by atoms with Crippen LogP contribution in [0.1, 0.15) is 0 Å². The Morgan fingerprint density at radius 1 is 0.386 bits per heavy atom. The summed E-state index contributed by atoms with van der Waals surface area (Å²) >= 11 is 1.83. The maximum Gasteiger partial charge on any atom is 0.235 e. The summed E-state index contributed by atoms with van der Waals surface area (Å²) in [5, 5.41) is 13.3. The Labute approximate surface area is 330 Å². The molecule has 9 aromatic carbocycles. The molecule has 13 aromatic rings. The quantitative estimate of drug-likeness (QED) is 0.181. The third-order valence-corrected chi connectivity index (χ3v) is 13.0. The van der Waals surface area contributed by atoms with Crippen LogP contribution in [0.25, 0.3) is 119 Å². The number of aromatic nitrogens is 4. The summed E-state index contributed by atoms with van der Waals surface area (Å²) in [5.74, 6) is 0.653. The minimum atomic E-state index is 0.653. The van der Waals surface area contributed by atoms with Crippen molar-refractivity contribution in [3.8, 4) is 22.9 Å². The molecule has 57 heavy (non-hydrogen) atoms. The molecule has 0 aliphatic carbocycles. The van der Waals surface area contributed by atoms with Crippen molar-refractivity contribution in [2.24, 2.45) is 0 Å². The summed E-state index contributed by atoms with van der Waals surface area (Å²) in [7, 11) is 0. The lowest BCUT2D eigenvalue weighted by molar-refractivity contribution is 1.01. The molecule has 0 bridgehead atoms. The zero-order valence-electron chi connectivity index (χ0n) is 30.5. The summed E-state index contributed by atoms with van der Waals surface area (Å²) in [6.07, 6.45) is 0. The van der Waals surface area contributed by atoms with Crippen LogP contribution in [0.5, 0.6) is 0 Å². The van der Waals surface area contributed by atoms with Gasteiger partial charge < -0.3 is 4.57 Å². The number of nitrogens with zero attached hydrogens (tertiary/aromatic N) is 4. The molecule has 0 spiro atoms. The predicted octanol–water partition coefficient (Wildman–Crippen LogP) is 14.2. The van der Waals surface area contributed by atoms with Crippen molar-refractivity contribution in [3.63, 3.8) is 0 Å². The molecule has 0 aliphatic heterocycles. The lowest BCUT2D eigenvalue weighted by atomic mass is 10.0. The SMILES string of the molecule is c1ccc2c(c1)ccc1c2c2ccc(-n3c4ccccc4c4ccc5ccccc5c43)cc2n1-c1nc(-c2cccc3sc4ccccc4c23)c2ccccc2n1. The molecule has 4 aromatic heterocycles. The molecule has 0 radical (unpaired) electrons. The number of hydrogen-bond acceptors (Lipinski definition) is 3. The van der Waals surface area contributed by atoms with Crippen molar-refractivity contribution in [1.82, 2.24) is 19.1 Å². The Morgan fingerprint density at radius 2 is 1.07 bits per heavy atom. The van der Waals surface area contributed by atoms with Crippen molar-refractivity contribution >= 4 is 108 Å². The number of para-hydroxylation sites is 2. The van der Waals surface area contributed by atoms with Gasteiger partial charge in [0.25, 0.3) is 0 Å². The maximum absolute atomic E-state index is 5.61. The lowest BCUT2D eigenvalue weighted by Gasteiger charge is -2.14. The Hall–Kier alpha value is -7.34. The van der Waals surface area contributed by atoms with Gasteiger partial charge in [0.1, 0.15) is 0 Å². The standard InChI is InChI=1S/C52H30N4S/c1-3-14-34-31(12-1)25-29-44-48(34)39-28-26-33(55-43-21-9-6-16-36(43)37-27-24-32-13-2-4-15-35(32)51(37)55)30-45(39)56(44)52-53-42-20-8-5-17-38(42)50(54-52)41-19-11-23-47-49(41)40-18-7-10-22-46(40)57-47/h1-30H. The minimum Gasteiger partial charge on any atom is -0.309 e. The first kappa shape index (κ1) is 30.9. The molecule has 0 N–H and O–H groups in total. The Balaban J connectivity index is 1.17. The second-order valence-electron chi connectivity index (χ2n) is 14.9. The predicted molar refractivity (Wildman–Crippen MR) is 242 cm³/mol. The fraction of sp³-hybridized carbons (Fsp3) is 0. The molecule has 13 rings (SSSR count). The monoisotopic (exact) mass is 742 g/mol. The maximum atomic E-state index is 5.61. The Bertz CT molecular complexity index is 3830. The number of fused-ring (bicyclic) bond motifs is 14. The van der Waals surface area contributed by atoms with Crippen LogP contribution in [-0.4, -0.2) is 19.1 Å². The third kappa shape index (κ3) is 4.32. The van der Waals surface area contributed by atoms with Crippen LogP contribution in [0.15, 0.2) is 182 Å². The highest BCUT2D eigenvalue weighted by Gasteiger charge is 2.22. The van der Waals surface area contributed by atoms with Crippen LogP contribution in [0.4, 0.5) is 0 Å². The minimum absolute atomic E-state index is 0.653. The average molecular weight is 743 g/mol. The summed E-state index contributed by atoms with van der Waals surface area (Å²) < 4.78 is 7.28. The highest BCUT2D eigenvalue weighted by Crippen LogP contribution is 2.43. The number of hydrogen-bond donors (Lipinski definition) is 0. The fourth-order valence-corrected chi connectivity index (χ4v) is 10.6. The van der Waals surface area contributed by atoms with Gasteiger partial charge in [0, 0.05) is 63.7 Å². The molecule has 0 atom stereocenters. The molecular formula is C52H30N4S. The second-order valence-corrected chi connectivity index (χ2v) is 16.0. The van der Waals surface area contributed by atoms with E-state index in [1.807, 2.05) is 11.3 Å². The molecule has 0 saturated carbocycles. The van der Waals surface area contributed by atoms with Gasteiger partial charge in [-0.05, 0) is 58.6 Å². The smallest absolute Gasteiger partial charge is 0.235 e. The summed E-state index contributed by atoms with van der Waals surface area (Å²) in [4.78, 5) is 11.0. The zero-order chi connectivity index (χ0) is 37.2. The first-order valence-corrected chi connectivity index (χ1v) is 20.2. The molecule has 5 heteroatoms. The Kier molecular flexibility index (Phi) is 6.29. The van der Waals surface area contributed by atoms with E-state index in [0.717, 1.165) is 38.9 Å². The molecule has 0 amide bonds. The third-order valence-electron chi connectivity index (χ3n) is 11.9. The molecule has 0 saturated heterocycles. The molecule has 4 nitrogen and oxygen atoms in total. The van der Waals surface area contributed by atoms with Crippen molar-refractivity contribution in [2.75, 3.05) is 0 Å². The largest absolute Gasteiger partial charge is 0.309 e. The highest BCUT2D eigenvalue weighted by molar-refractivity contribution is 7.25. The van der Waals surface area contributed by atoms with Gasteiger partial charge in [-0.15, -0.1) is 11.3 Å². The van der Waals surface area contributed by atoms with Crippen LogP contribution in [-0.2, 0) is 0 Å². The van der Waals surface area contributed by atoms with E-state index < -0.39 is 0 Å². The lowest BCUT2D eigenvalue weighted by Crippen LogP contribution is -2.04. The van der Waals surface area contributed by atoms with Crippen LogP contribution >= 0.6 is 11.3 Å². The fourth-order valence-electron chi connectivity index (χ4n) is 9.47. The summed E-state index contributed by atoms with van der Waals surface area (Å²) in [6.45, 7) is 0. The van der Waals surface area contributed by atoms with Gasteiger partial charge >= 0.3 is 0 Å². The topological polar surface area (TPSA) is 35.6 Å². The van der Waals surface area contributed by atoms with Crippen LogP contribution in [0, 0.1) is 0 Å². The highest BCUT2D eigenvalue weighted by atomic mass is 32.1. The van der Waals surface area contributed by atoms with E-state index in [0.29, 0.717) is 5.95 Å². The van der Waals surface area contributed by atoms with E-state index >= 15 is 0 Å². The number of thiophene rings is 1. The van der Waals surface area contributed by atoms with Crippen molar-refractivity contribution < 1.29 is 0 Å². The van der Waals surface area contributed by atoms with Gasteiger partial charge in [0.15, 0.2) is 0 Å². The average Bonchev–Trinajstić information content (AvgIpc) is 3.94. The number of rotatable bonds is 3. The van der Waals surface area contributed by atoms with Crippen LogP contribution in [0.3, 0.4) is 0 Å². The summed E-state index contributed by atoms with van der Waals surface area (Å²) in [6, 6.07) is 65.9. The van der Waals surface area contributed by atoms with E-state index in [4.69, 9.17) is 9.97 Å². The molecule has 4 heterocycles. The summed E-state index contributed by atoms with van der Waals surface area (Å²) in [5.41, 5.74) is 8.58. The molecule has 264 valence electrons. The van der Waals surface area contributed by atoms with Gasteiger partial charge in [-0.3, -0.25) is 4.57 Å². The van der Waals surface area contributed by atoms with Gasteiger partial charge in [-0.25, -0.2) is 9.97 Å². The van der Waals surface area contributed by atoms with E-state index in [9.17, 15) is 0 Å². The van der Waals surface area contributed by atoms with E-state index in [2.05, 4.69) is 191 Å². The normalized spacial score (nSPS) is 12.2. The van der Waals surface area contributed by atoms with Gasteiger partial charge in [0.2, 0.25) is 5.95 Å². The van der Waals surface area contributed by atoms with Gasteiger partial charge in [0.05, 0.1) is 33.3 Å². The van der Waals surface area contributed by atoms with Crippen LogP contribution < -0.4 is 0 Å². The molecule has 0 unspecified atom stereocenters. The van der Waals surface area contributed by atoms with E-state index in [1.54, 1.807) is 0 Å². The van der Waals surface area contributed by atoms with Gasteiger partial charge in [-0.1, -0.05) is 140 Å². The van der Waals surface area contributed by atoms with Crippen molar-refractivity contribution in [3.05, 3.63) is 182 Å². The second kappa shape index (κ2) is 11.6. The molecule has 0 aliphatic rings. The zero-order valence-corrected chi connectivity index (χ0v) is 31.3. The number of benzene rings is 9. The first-order valence-electron chi connectivity index (χ1n) is 19.3. The first-order chi connectivity index (χ1) is 28.3. The van der Waals surface area contributed by atoms with E-state index in [-0.39, 0.29) is 0 Å².